The number of benzene rings is 1. The van der Waals surface area contributed by atoms with E-state index in [1.807, 2.05) is 39.0 Å². The monoisotopic (exact) mass is 468 g/mol. The molecule has 1 fully saturated rings. The molecule has 3 aromatic rings. The molecule has 1 aliphatic heterocycles. The number of nitrogens with zero attached hydrogens (tertiary/aromatic N) is 4. The number of ether oxygens (including phenoxy) is 1. The van der Waals surface area contributed by atoms with Crippen LogP contribution < -0.4 is 4.90 Å². The summed E-state index contributed by atoms with van der Waals surface area (Å²) in [6, 6.07) is 12.0. The minimum Gasteiger partial charge on any atom is -0.444 e. The third-order valence-electron chi connectivity index (χ3n) is 5.32. The molecule has 0 saturated carbocycles. The van der Waals surface area contributed by atoms with Crippen molar-refractivity contribution in [3.8, 4) is 22.4 Å². The lowest BCUT2D eigenvalue weighted by Gasteiger charge is -2.36. The molecule has 1 aromatic carbocycles. The van der Waals surface area contributed by atoms with Gasteiger partial charge in [-0.2, -0.15) is 0 Å². The summed E-state index contributed by atoms with van der Waals surface area (Å²) in [4.78, 5) is 25.3. The summed E-state index contributed by atoms with van der Waals surface area (Å²) in [7, 11) is 0. The summed E-state index contributed by atoms with van der Waals surface area (Å²) in [6.07, 6.45) is 2.95. The Morgan fingerprint density at radius 3 is 2.33 bits per heavy atom. The summed E-state index contributed by atoms with van der Waals surface area (Å²) < 4.78 is 19.0. The molecule has 0 unspecified atom stereocenters. The number of rotatable bonds is 3. The molecule has 33 heavy (non-hydrogen) atoms. The molecule has 0 spiro atoms. The van der Waals surface area contributed by atoms with E-state index in [4.69, 9.17) is 21.3 Å². The van der Waals surface area contributed by atoms with Crippen molar-refractivity contribution in [3.05, 3.63) is 65.7 Å². The lowest BCUT2D eigenvalue weighted by atomic mass is 9.99. The Balaban J connectivity index is 1.62. The topological polar surface area (TPSA) is 58.6 Å². The van der Waals surface area contributed by atoms with Crippen LogP contribution in [-0.2, 0) is 4.74 Å². The van der Waals surface area contributed by atoms with Gasteiger partial charge in [-0.3, -0.25) is 4.98 Å². The summed E-state index contributed by atoms with van der Waals surface area (Å²) >= 11 is 6.45. The first kappa shape index (κ1) is 23.0. The van der Waals surface area contributed by atoms with Gasteiger partial charge in [0, 0.05) is 49.7 Å². The number of pyridine rings is 2. The second-order valence-electron chi connectivity index (χ2n) is 8.88. The van der Waals surface area contributed by atoms with Crippen LogP contribution in [0.15, 0.2) is 54.9 Å². The first-order valence-corrected chi connectivity index (χ1v) is 11.2. The number of amides is 1. The SMILES string of the molecule is CC(C)(C)OC(=O)N1CCN(c2ccc(-c3ccc(F)cc3)c(-c3ccncc3Cl)n2)CC1. The lowest BCUT2D eigenvalue weighted by Crippen LogP contribution is -2.50. The summed E-state index contributed by atoms with van der Waals surface area (Å²) in [5, 5.41) is 0.486. The fourth-order valence-electron chi connectivity index (χ4n) is 3.70. The highest BCUT2D eigenvalue weighted by Crippen LogP contribution is 2.36. The average Bonchev–Trinajstić information content (AvgIpc) is 2.79. The van der Waals surface area contributed by atoms with Crippen LogP contribution in [0.5, 0.6) is 0 Å². The normalized spacial score (nSPS) is 14.3. The third kappa shape index (κ3) is 5.42. The Bertz CT molecular complexity index is 1140. The van der Waals surface area contributed by atoms with Crippen LogP contribution in [0, 0.1) is 5.82 Å². The minimum absolute atomic E-state index is 0.297. The van der Waals surface area contributed by atoms with Crippen molar-refractivity contribution < 1.29 is 13.9 Å². The number of carbonyl (C=O) groups excluding carboxylic acids is 1. The Hall–Kier alpha value is -3.19. The zero-order valence-corrected chi connectivity index (χ0v) is 19.6. The molecule has 8 heteroatoms. The van der Waals surface area contributed by atoms with E-state index in [1.54, 1.807) is 29.4 Å². The van der Waals surface area contributed by atoms with Crippen molar-refractivity contribution in [2.24, 2.45) is 0 Å². The smallest absolute Gasteiger partial charge is 0.410 e. The predicted octanol–water partition coefficient (Wildman–Crippen LogP) is 5.66. The van der Waals surface area contributed by atoms with Gasteiger partial charge in [0.25, 0.3) is 0 Å². The van der Waals surface area contributed by atoms with Gasteiger partial charge in [0.15, 0.2) is 0 Å². The Morgan fingerprint density at radius 1 is 1.00 bits per heavy atom. The van der Waals surface area contributed by atoms with Crippen LogP contribution in [0.4, 0.5) is 15.0 Å². The molecule has 0 radical (unpaired) electrons. The highest BCUT2D eigenvalue weighted by Gasteiger charge is 2.27. The van der Waals surface area contributed by atoms with Gasteiger partial charge in [0.1, 0.15) is 17.2 Å². The van der Waals surface area contributed by atoms with Crippen molar-refractivity contribution in [1.29, 1.82) is 0 Å². The van der Waals surface area contributed by atoms with Gasteiger partial charge in [-0.25, -0.2) is 14.2 Å². The quantitative estimate of drug-likeness (QED) is 0.496. The number of hydrogen-bond acceptors (Lipinski definition) is 5. The molecule has 1 saturated heterocycles. The van der Waals surface area contributed by atoms with E-state index in [9.17, 15) is 9.18 Å². The van der Waals surface area contributed by atoms with E-state index < -0.39 is 5.60 Å². The Kier molecular flexibility index (Phi) is 6.51. The van der Waals surface area contributed by atoms with Gasteiger partial charge in [0.05, 0.1) is 10.7 Å². The van der Waals surface area contributed by atoms with Gasteiger partial charge in [-0.05, 0) is 56.7 Å². The van der Waals surface area contributed by atoms with E-state index >= 15 is 0 Å². The molecule has 2 aromatic heterocycles. The van der Waals surface area contributed by atoms with E-state index in [0.29, 0.717) is 36.9 Å². The first-order chi connectivity index (χ1) is 15.7. The van der Waals surface area contributed by atoms with Gasteiger partial charge in [-0.15, -0.1) is 0 Å². The highest BCUT2D eigenvalue weighted by atomic mass is 35.5. The standard InChI is InChI=1S/C25H26ClFN4O2/c1-25(2,3)33-24(32)31-14-12-30(13-15-31)22-9-8-19(17-4-6-18(27)7-5-17)23(29-22)20-10-11-28-16-21(20)26/h4-11,16H,12-15H2,1-3H3. The van der Waals surface area contributed by atoms with Crippen LogP contribution >= 0.6 is 11.6 Å². The molecule has 3 heterocycles. The molecular weight excluding hydrogens is 443 g/mol. The fraction of sp³-hybridized carbons (Fsp3) is 0.320. The lowest BCUT2D eigenvalue weighted by molar-refractivity contribution is 0.0240. The Labute approximate surface area is 198 Å². The summed E-state index contributed by atoms with van der Waals surface area (Å²) in [6.45, 7) is 7.93. The number of piperazine rings is 1. The molecule has 0 atom stereocenters. The van der Waals surface area contributed by atoms with Gasteiger partial charge >= 0.3 is 6.09 Å². The number of carbonyl (C=O) groups is 1. The second kappa shape index (κ2) is 9.35. The van der Waals surface area contributed by atoms with Crippen molar-refractivity contribution in [2.75, 3.05) is 31.1 Å². The van der Waals surface area contributed by atoms with Crippen molar-refractivity contribution in [3.63, 3.8) is 0 Å². The molecule has 4 rings (SSSR count). The minimum atomic E-state index is -0.523. The molecule has 6 nitrogen and oxygen atoms in total. The number of aromatic nitrogens is 2. The molecule has 0 bridgehead atoms. The molecule has 0 aliphatic carbocycles. The maximum atomic E-state index is 13.5. The van der Waals surface area contributed by atoms with E-state index in [0.717, 1.165) is 22.5 Å². The zero-order valence-electron chi connectivity index (χ0n) is 18.9. The number of anilines is 1. The second-order valence-corrected chi connectivity index (χ2v) is 9.29. The number of halogens is 2. The van der Waals surface area contributed by atoms with Crippen molar-refractivity contribution >= 4 is 23.5 Å². The molecule has 172 valence electrons. The summed E-state index contributed by atoms with van der Waals surface area (Å²) in [5.74, 6) is 0.488. The third-order valence-corrected chi connectivity index (χ3v) is 5.62. The fourth-order valence-corrected chi connectivity index (χ4v) is 3.91. The maximum Gasteiger partial charge on any atom is 0.410 e. The average molecular weight is 469 g/mol. The van der Waals surface area contributed by atoms with Crippen molar-refractivity contribution in [2.45, 2.75) is 26.4 Å². The van der Waals surface area contributed by atoms with Crippen LogP contribution in [0.25, 0.3) is 22.4 Å². The molecular formula is C25H26ClFN4O2. The van der Waals surface area contributed by atoms with Crippen LogP contribution in [0.3, 0.4) is 0 Å². The van der Waals surface area contributed by atoms with Gasteiger partial charge in [0.2, 0.25) is 0 Å². The van der Waals surface area contributed by atoms with Crippen LogP contribution in [0.1, 0.15) is 20.8 Å². The predicted molar refractivity (Wildman–Crippen MR) is 128 cm³/mol. The van der Waals surface area contributed by atoms with Crippen molar-refractivity contribution in [1.82, 2.24) is 14.9 Å². The zero-order chi connectivity index (χ0) is 23.6. The Morgan fingerprint density at radius 2 is 1.70 bits per heavy atom. The highest BCUT2D eigenvalue weighted by molar-refractivity contribution is 6.33. The van der Waals surface area contributed by atoms with E-state index in [2.05, 4.69) is 9.88 Å². The van der Waals surface area contributed by atoms with E-state index in [1.165, 1.54) is 12.1 Å². The molecule has 0 N–H and O–H groups in total. The van der Waals surface area contributed by atoms with Gasteiger partial charge in [-0.1, -0.05) is 23.7 Å². The maximum absolute atomic E-state index is 13.5. The summed E-state index contributed by atoms with van der Waals surface area (Å²) in [5.41, 5.74) is 2.61. The molecule has 1 aliphatic rings. The van der Waals surface area contributed by atoms with Crippen LogP contribution in [0.2, 0.25) is 5.02 Å². The first-order valence-electron chi connectivity index (χ1n) is 10.8. The van der Waals surface area contributed by atoms with E-state index in [-0.39, 0.29) is 11.9 Å². The number of hydrogen-bond donors (Lipinski definition) is 0. The van der Waals surface area contributed by atoms with Crippen LogP contribution in [-0.4, -0.2) is 52.7 Å². The largest absolute Gasteiger partial charge is 0.444 e. The molecule has 1 amide bonds. The van der Waals surface area contributed by atoms with Gasteiger partial charge < -0.3 is 14.5 Å².